The van der Waals surface area contributed by atoms with E-state index in [2.05, 4.69) is 31.0 Å². The van der Waals surface area contributed by atoms with Crippen LogP contribution in [-0.4, -0.2) is 4.98 Å². The molecule has 1 aromatic heterocycles. The Bertz CT molecular complexity index is 591. The van der Waals surface area contributed by atoms with E-state index >= 15 is 0 Å². The number of aryl methyl sites for hydroxylation is 2. The number of rotatable bonds is 4. The summed E-state index contributed by atoms with van der Waals surface area (Å²) < 4.78 is 5.90. The molecular formula is C17H20ClNO. The van der Waals surface area contributed by atoms with Crippen molar-refractivity contribution in [1.29, 1.82) is 0 Å². The number of aromatic nitrogens is 1. The summed E-state index contributed by atoms with van der Waals surface area (Å²) in [5, 5.41) is 0. The van der Waals surface area contributed by atoms with Crippen LogP contribution in [0.25, 0.3) is 0 Å². The Morgan fingerprint density at radius 3 is 2.35 bits per heavy atom. The first-order valence-electron chi connectivity index (χ1n) is 6.82. The van der Waals surface area contributed by atoms with Crippen molar-refractivity contribution < 1.29 is 4.74 Å². The van der Waals surface area contributed by atoms with E-state index < -0.39 is 0 Å². The minimum absolute atomic E-state index is 0.401. The van der Waals surface area contributed by atoms with E-state index in [0.717, 1.165) is 22.6 Å². The summed E-state index contributed by atoms with van der Waals surface area (Å²) in [6.45, 7) is 8.33. The molecule has 0 atom stereocenters. The molecule has 3 heteroatoms. The first-order valence-corrected chi connectivity index (χ1v) is 7.35. The van der Waals surface area contributed by atoms with Gasteiger partial charge in [-0.3, -0.25) is 0 Å². The Morgan fingerprint density at radius 2 is 1.80 bits per heavy atom. The summed E-state index contributed by atoms with van der Waals surface area (Å²) in [7, 11) is 0. The van der Waals surface area contributed by atoms with Gasteiger partial charge in [0.05, 0.1) is 5.88 Å². The fraction of sp³-hybridized carbons (Fsp3) is 0.353. The molecule has 0 N–H and O–H groups in total. The number of hydrogen-bond donors (Lipinski definition) is 0. The zero-order chi connectivity index (χ0) is 14.7. The van der Waals surface area contributed by atoms with Crippen LogP contribution in [0.4, 0.5) is 0 Å². The van der Waals surface area contributed by atoms with Gasteiger partial charge in [0.15, 0.2) is 0 Å². The molecule has 0 aliphatic carbocycles. The van der Waals surface area contributed by atoms with Gasteiger partial charge in [0.25, 0.3) is 0 Å². The lowest BCUT2D eigenvalue weighted by Crippen LogP contribution is -1.98. The molecule has 2 aromatic rings. The highest BCUT2D eigenvalue weighted by Crippen LogP contribution is 2.28. The Labute approximate surface area is 125 Å². The standard InChI is InChI=1S/C17H20ClNO/c1-11(2)14-5-7-15(8-6-14)20-17-16(10-18)12(3)9-13(4)19-17/h5-9,11H,10H2,1-4H3. The quantitative estimate of drug-likeness (QED) is 0.708. The van der Waals surface area contributed by atoms with Crippen LogP contribution in [0.1, 0.15) is 42.1 Å². The second kappa shape index (κ2) is 6.27. The van der Waals surface area contributed by atoms with Gasteiger partial charge in [0.2, 0.25) is 5.88 Å². The van der Waals surface area contributed by atoms with Gasteiger partial charge < -0.3 is 4.74 Å². The average Bonchev–Trinajstić information content (AvgIpc) is 2.39. The molecule has 0 bridgehead atoms. The molecule has 20 heavy (non-hydrogen) atoms. The van der Waals surface area contributed by atoms with Crippen molar-refractivity contribution in [1.82, 2.24) is 4.98 Å². The number of nitrogens with zero attached hydrogens (tertiary/aromatic N) is 1. The SMILES string of the molecule is Cc1cc(C)c(CCl)c(Oc2ccc(C(C)C)cc2)n1. The van der Waals surface area contributed by atoms with Crippen molar-refractivity contribution in [2.45, 2.75) is 39.5 Å². The highest BCUT2D eigenvalue weighted by molar-refractivity contribution is 6.17. The van der Waals surface area contributed by atoms with Gasteiger partial charge in [0.1, 0.15) is 5.75 Å². The summed E-state index contributed by atoms with van der Waals surface area (Å²) in [5.41, 5.74) is 4.29. The van der Waals surface area contributed by atoms with Crippen LogP contribution >= 0.6 is 11.6 Å². The van der Waals surface area contributed by atoms with Crippen molar-refractivity contribution in [2.75, 3.05) is 0 Å². The highest BCUT2D eigenvalue weighted by Gasteiger charge is 2.10. The molecule has 1 aromatic carbocycles. The monoisotopic (exact) mass is 289 g/mol. The van der Waals surface area contributed by atoms with Crippen molar-refractivity contribution >= 4 is 11.6 Å². The number of benzene rings is 1. The molecule has 0 saturated carbocycles. The van der Waals surface area contributed by atoms with Crippen LogP contribution in [0.2, 0.25) is 0 Å². The maximum Gasteiger partial charge on any atom is 0.224 e. The van der Waals surface area contributed by atoms with Crippen molar-refractivity contribution in [3.63, 3.8) is 0 Å². The summed E-state index contributed by atoms with van der Waals surface area (Å²) in [6.07, 6.45) is 0. The molecule has 0 fully saturated rings. The van der Waals surface area contributed by atoms with Crippen LogP contribution in [0.3, 0.4) is 0 Å². The number of ether oxygens (including phenoxy) is 1. The predicted molar refractivity (Wildman–Crippen MR) is 83.9 cm³/mol. The fourth-order valence-corrected chi connectivity index (χ4v) is 2.43. The third-order valence-electron chi connectivity index (χ3n) is 3.33. The Kier molecular flexibility index (Phi) is 4.66. The molecule has 0 saturated heterocycles. The average molecular weight is 290 g/mol. The lowest BCUT2D eigenvalue weighted by Gasteiger charge is -2.12. The van der Waals surface area contributed by atoms with Crippen LogP contribution in [0.15, 0.2) is 30.3 Å². The van der Waals surface area contributed by atoms with Gasteiger partial charge in [-0.15, -0.1) is 11.6 Å². The van der Waals surface area contributed by atoms with Crippen LogP contribution < -0.4 is 4.74 Å². The van der Waals surface area contributed by atoms with E-state index in [1.54, 1.807) is 0 Å². The first kappa shape index (κ1) is 14.9. The Hall–Kier alpha value is -1.54. The Morgan fingerprint density at radius 1 is 1.15 bits per heavy atom. The second-order valence-electron chi connectivity index (χ2n) is 5.32. The third-order valence-corrected chi connectivity index (χ3v) is 3.60. The van der Waals surface area contributed by atoms with Gasteiger partial charge in [-0.25, -0.2) is 4.98 Å². The molecule has 0 radical (unpaired) electrons. The van der Waals surface area contributed by atoms with E-state index in [1.165, 1.54) is 5.56 Å². The molecule has 0 amide bonds. The third kappa shape index (κ3) is 3.31. The number of alkyl halides is 1. The van der Waals surface area contributed by atoms with E-state index in [1.807, 2.05) is 32.0 Å². The topological polar surface area (TPSA) is 22.1 Å². The molecule has 2 rings (SSSR count). The van der Waals surface area contributed by atoms with Gasteiger partial charge in [-0.2, -0.15) is 0 Å². The van der Waals surface area contributed by atoms with Gasteiger partial charge >= 0.3 is 0 Å². The maximum absolute atomic E-state index is 6.00. The highest BCUT2D eigenvalue weighted by atomic mass is 35.5. The minimum Gasteiger partial charge on any atom is -0.439 e. The van der Waals surface area contributed by atoms with Gasteiger partial charge in [-0.05, 0) is 49.1 Å². The first-order chi connectivity index (χ1) is 9.51. The number of pyridine rings is 1. The predicted octanol–water partition coefficient (Wildman–Crippen LogP) is 5.35. The largest absolute Gasteiger partial charge is 0.439 e. The molecule has 0 unspecified atom stereocenters. The summed E-state index contributed by atoms with van der Waals surface area (Å²) in [6, 6.07) is 10.2. The van der Waals surface area contributed by atoms with E-state index in [9.17, 15) is 0 Å². The van der Waals surface area contributed by atoms with E-state index in [-0.39, 0.29) is 0 Å². The van der Waals surface area contributed by atoms with Crippen LogP contribution in [-0.2, 0) is 5.88 Å². The lowest BCUT2D eigenvalue weighted by atomic mass is 10.0. The van der Waals surface area contributed by atoms with Crippen LogP contribution in [0.5, 0.6) is 11.6 Å². The smallest absolute Gasteiger partial charge is 0.224 e. The molecule has 106 valence electrons. The van der Waals surface area contributed by atoms with Gasteiger partial charge in [-0.1, -0.05) is 26.0 Å². The molecule has 0 aliphatic heterocycles. The number of hydrogen-bond acceptors (Lipinski definition) is 2. The summed E-state index contributed by atoms with van der Waals surface area (Å²) in [4.78, 5) is 4.45. The van der Waals surface area contributed by atoms with Crippen molar-refractivity contribution in [3.05, 3.63) is 52.7 Å². The Balaban J connectivity index is 2.29. The molecule has 0 aliphatic rings. The fourth-order valence-electron chi connectivity index (χ4n) is 2.11. The second-order valence-corrected chi connectivity index (χ2v) is 5.59. The van der Waals surface area contributed by atoms with Gasteiger partial charge in [0, 0.05) is 11.3 Å². The molecular weight excluding hydrogens is 270 g/mol. The van der Waals surface area contributed by atoms with Crippen molar-refractivity contribution in [2.24, 2.45) is 0 Å². The number of halogens is 1. The normalized spacial score (nSPS) is 10.9. The molecule has 2 nitrogen and oxygen atoms in total. The minimum atomic E-state index is 0.401. The molecule has 0 spiro atoms. The zero-order valence-electron chi connectivity index (χ0n) is 12.4. The molecule has 1 heterocycles. The summed E-state index contributed by atoms with van der Waals surface area (Å²) in [5.74, 6) is 2.31. The van der Waals surface area contributed by atoms with E-state index in [0.29, 0.717) is 17.7 Å². The van der Waals surface area contributed by atoms with Crippen molar-refractivity contribution in [3.8, 4) is 11.6 Å². The maximum atomic E-state index is 6.00. The van der Waals surface area contributed by atoms with Crippen LogP contribution in [0, 0.1) is 13.8 Å². The lowest BCUT2D eigenvalue weighted by molar-refractivity contribution is 0.456. The zero-order valence-corrected chi connectivity index (χ0v) is 13.2. The summed E-state index contributed by atoms with van der Waals surface area (Å²) >= 11 is 6.00. The van der Waals surface area contributed by atoms with E-state index in [4.69, 9.17) is 16.3 Å².